The zero-order chi connectivity index (χ0) is 13.4. The number of rotatable bonds is 2. The Balaban J connectivity index is 1.77. The van der Waals surface area contributed by atoms with Gasteiger partial charge in [0.2, 0.25) is 0 Å². The van der Waals surface area contributed by atoms with E-state index in [1.54, 1.807) is 4.68 Å². The minimum Gasteiger partial charge on any atom is -0.337 e. The quantitative estimate of drug-likeness (QED) is 0.858. The molecule has 1 aromatic heterocycles. The third-order valence-electron chi connectivity index (χ3n) is 4.36. The topological polar surface area (TPSA) is 50.2 Å². The van der Waals surface area contributed by atoms with E-state index < -0.39 is 0 Å². The molecular weight excluding hydrogens is 240 g/mol. The summed E-state index contributed by atoms with van der Waals surface area (Å²) in [6.45, 7) is 4.89. The van der Waals surface area contributed by atoms with Crippen molar-refractivity contribution < 1.29 is 4.79 Å². The van der Waals surface area contributed by atoms with Gasteiger partial charge in [-0.25, -0.2) is 0 Å². The Morgan fingerprint density at radius 2 is 2.37 bits per heavy atom. The van der Waals surface area contributed by atoms with Crippen LogP contribution in [0.15, 0.2) is 6.20 Å². The summed E-state index contributed by atoms with van der Waals surface area (Å²) in [4.78, 5) is 14.6. The molecule has 104 valence electrons. The van der Waals surface area contributed by atoms with Gasteiger partial charge in [0.25, 0.3) is 5.91 Å². The van der Waals surface area contributed by atoms with Crippen molar-refractivity contribution >= 4 is 5.91 Å². The number of nitrogens with zero attached hydrogens (tertiary/aromatic N) is 3. The number of amides is 1. The number of hydrogen-bond acceptors (Lipinski definition) is 3. The van der Waals surface area contributed by atoms with Gasteiger partial charge in [-0.2, -0.15) is 5.10 Å². The monoisotopic (exact) mass is 262 g/mol. The maximum Gasteiger partial charge on any atom is 0.257 e. The van der Waals surface area contributed by atoms with Crippen molar-refractivity contribution in [2.75, 3.05) is 19.6 Å². The van der Waals surface area contributed by atoms with Gasteiger partial charge in [0.05, 0.1) is 11.3 Å². The Morgan fingerprint density at radius 3 is 3.11 bits per heavy atom. The number of aromatic nitrogens is 2. The summed E-state index contributed by atoms with van der Waals surface area (Å²) < 4.78 is 1.74. The molecule has 0 aliphatic carbocycles. The van der Waals surface area contributed by atoms with Crippen molar-refractivity contribution in [1.29, 1.82) is 0 Å². The zero-order valence-electron chi connectivity index (χ0n) is 11.7. The predicted molar refractivity (Wildman–Crippen MR) is 73.0 cm³/mol. The van der Waals surface area contributed by atoms with Gasteiger partial charge in [0.15, 0.2) is 0 Å². The smallest absolute Gasteiger partial charge is 0.257 e. The van der Waals surface area contributed by atoms with Crippen molar-refractivity contribution in [3.63, 3.8) is 0 Å². The van der Waals surface area contributed by atoms with Gasteiger partial charge in [-0.15, -0.1) is 0 Å². The highest BCUT2D eigenvalue weighted by atomic mass is 16.2. The van der Waals surface area contributed by atoms with Crippen LogP contribution < -0.4 is 5.32 Å². The molecule has 2 unspecified atom stereocenters. The third kappa shape index (κ3) is 2.27. The van der Waals surface area contributed by atoms with Gasteiger partial charge in [-0.05, 0) is 31.7 Å². The van der Waals surface area contributed by atoms with Crippen LogP contribution in [0.4, 0.5) is 0 Å². The lowest BCUT2D eigenvalue weighted by Crippen LogP contribution is -2.41. The van der Waals surface area contributed by atoms with E-state index in [1.807, 2.05) is 25.1 Å². The van der Waals surface area contributed by atoms with Crippen LogP contribution in [0.2, 0.25) is 0 Å². The van der Waals surface area contributed by atoms with Crippen molar-refractivity contribution in [3.8, 4) is 0 Å². The van der Waals surface area contributed by atoms with Crippen molar-refractivity contribution in [1.82, 2.24) is 20.0 Å². The summed E-state index contributed by atoms with van der Waals surface area (Å²) in [5.41, 5.74) is 1.69. The second kappa shape index (κ2) is 4.96. The van der Waals surface area contributed by atoms with Gasteiger partial charge < -0.3 is 10.2 Å². The van der Waals surface area contributed by atoms with E-state index in [4.69, 9.17) is 0 Å². The van der Waals surface area contributed by atoms with Crippen LogP contribution in [0.25, 0.3) is 0 Å². The first-order valence-corrected chi connectivity index (χ1v) is 7.24. The lowest BCUT2D eigenvalue weighted by Gasteiger charge is -2.24. The van der Waals surface area contributed by atoms with E-state index in [2.05, 4.69) is 10.4 Å². The normalized spacial score (nSPS) is 26.5. The fraction of sp³-hybridized carbons (Fsp3) is 0.714. The van der Waals surface area contributed by atoms with E-state index >= 15 is 0 Å². The molecule has 3 heterocycles. The number of carbonyl (C=O) groups is 1. The Hall–Kier alpha value is -1.36. The summed E-state index contributed by atoms with van der Waals surface area (Å²) in [7, 11) is 1.88. The molecule has 5 nitrogen and oxygen atoms in total. The van der Waals surface area contributed by atoms with Crippen LogP contribution >= 0.6 is 0 Å². The molecule has 0 radical (unpaired) electrons. The number of nitrogens with one attached hydrogen (secondary N) is 1. The molecule has 0 aromatic carbocycles. The van der Waals surface area contributed by atoms with E-state index in [9.17, 15) is 4.79 Å². The number of hydrogen-bond donors (Lipinski definition) is 1. The molecule has 2 fully saturated rings. The van der Waals surface area contributed by atoms with Gasteiger partial charge in [0.1, 0.15) is 0 Å². The van der Waals surface area contributed by atoms with E-state index in [0.29, 0.717) is 12.0 Å². The number of fused-ring (bicyclic) bond motifs is 1. The molecule has 0 saturated carbocycles. The molecule has 2 atom stereocenters. The molecule has 3 rings (SSSR count). The fourth-order valence-corrected chi connectivity index (χ4v) is 3.36. The van der Waals surface area contributed by atoms with Crippen LogP contribution in [0.1, 0.15) is 35.8 Å². The second-order valence-electron chi connectivity index (χ2n) is 5.69. The van der Waals surface area contributed by atoms with Gasteiger partial charge >= 0.3 is 0 Å². The maximum absolute atomic E-state index is 12.6. The zero-order valence-corrected chi connectivity index (χ0v) is 11.7. The average Bonchev–Trinajstić information content (AvgIpc) is 3.00. The first kappa shape index (κ1) is 12.7. The largest absolute Gasteiger partial charge is 0.337 e. The molecule has 2 saturated heterocycles. The van der Waals surface area contributed by atoms with Crippen LogP contribution in [-0.2, 0) is 13.5 Å². The average molecular weight is 262 g/mol. The Morgan fingerprint density at radius 1 is 1.53 bits per heavy atom. The highest BCUT2D eigenvalue weighted by molar-refractivity contribution is 5.95. The SMILES string of the molecule is CCc1nn(C)cc1C(=O)N1CC2CCCNC2C1. The highest BCUT2D eigenvalue weighted by Gasteiger charge is 2.37. The first-order chi connectivity index (χ1) is 9.19. The summed E-state index contributed by atoms with van der Waals surface area (Å²) in [5, 5.41) is 7.90. The summed E-state index contributed by atoms with van der Waals surface area (Å²) >= 11 is 0. The number of piperidine rings is 1. The fourth-order valence-electron chi connectivity index (χ4n) is 3.36. The molecule has 2 aliphatic rings. The molecule has 1 amide bonds. The predicted octanol–water partition coefficient (Wildman–Crippen LogP) is 0.806. The Kier molecular flexibility index (Phi) is 3.31. The minimum atomic E-state index is 0.154. The first-order valence-electron chi connectivity index (χ1n) is 7.24. The minimum absolute atomic E-state index is 0.154. The third-order valence-corrected chi connectivity index (χ3v) is 4.36. The van der Waals surface area contributed by atoms with Gasteiger partial charge in [0, 0.05) is 32.4 Å². The molecule has 19 heavy (non-hydrogen) atoms. The van der Waals surface area contributed by atoms with E-state index in [1.165, 1.54) is 12.8 Å². The van der Waals surface area contributed by atoms with Gasteiger partial charge in [-0.1, -0.05) is 6.92 Å². The second-order valence-corrected chi connectivity index (χ2v) is 5.69. The number of carbonyl (C=O) groups excluding carboxylic acids is 1. The highest BCUT2D eigenvalue weighted by Crippen LogP contribution is 2.26. The number of likely N-dealkylation sites (tertiary alicyclic amines) is 1. The molecule has 0 spiro atoms. The van der Waals surface area contributed by atoms with Crippen molar-refractivity contribution in [3.05, 3.63) is 17.5 Å². The molecule has 5 heteroatoms. The van der Waals surface area contributed by atoms with E-state index in [0.717, 1.165) is 37.3 Å². The maximum atomic E-state index is 12.6. The summed E-state index contributed by atoms with van der Waals surface area (Å²) in [5.74, 6) is 0.792. The van der Waals surface area contributed by atoms with E-state index in [-0.39, 0.29) is 5.91 Å². The molecule has 1 N–H and O–H groups in total. The van der Waals surface area contributed by atoms with Crippen molar-refractivity contribution in [2.24, 2.45) is 13.0 Å². The standard InChI is InChI=1S/C14H22N4O/c1-3-12-11(8-17(2)16-12)14(19)18-7-10-5-4-6-15-13(10)9-18/h8,10,13,15H,3-7,9H2,1-2H3. The Labute approximate surface area is 114 Å². The molecule has 0 bridgehead atoms. The Bertz CT molecular complexity index is 468. The van der Waals surface area contributed by atoms with Crippen LogP contribution in [0.5, 0.6) is 0 Å². The molecular formula is C14H22N4O. The van der Waals surface area contributed by atoms with Crippen molar-refractivity contribution in [2.45, 2.75) is 32.2 Å². The number of aryl methyl sites for hydroxylation is 2. The summed E-state index contributed by atoms with van der Waals surface area (Å²) in [6, 6.07) is 0.499. The van der Waals surface area contributed by atoms with Crippen LogP contribution in [-0.4, -0.2) is 46.3 Å². The lowest BCUT2D eigenvalue weighted by atomic mass is 9.94. The molecule has 2 aliphatic heterocycles. The summed E-state index contributed by atoms with van der Waals surface area (Å²) in [6.07, 6.45) is 5.14. The van der Waals surface area contributed by atoms with Gasteiger partial charge in [-0.3, -0.25) is 9.48 Å². The lowest BCUT2D eigenvalue weighted by molar-refractivity contribution is 0.0784. The molecule has 1 aromatic rings. The van der Waals surface area contributed by atoms with Crippen LogP contribution in [0.3, 0.4) is 0 Å². The van der Waals surface area contributed by atoms with Crippen LogP contribution in [0, 0.1) is 5.92 Å².